The molecule has 1 aromatic carbocycles. The van der Waals surface area contributed by atoms with Crippen LogP contribution in [0.4, 0.5) is 0 Å². The molecular formula is C19H29ClN2O. The maximum absolute atomic E-state index is 12.8. The second-order valence-electron chi connectivity index (χ2n) is 7.32. The molecule has 23 heavy (non-hydrogen) atoms. The Kier molecular flexibility index (Phi) is 6.10. The normalized spacial score (nSPS) is 18.4. The lowest BCUT2D eigenvalue weighted by molar-refractivity contribution is -0.124. The van der Waals surface area contributed by atoms with Crippen LogP contribution in [0.1, 0.15) is 51.0 Å². The average Bonchev–Trinajstić information content (AvgIpc) is 2.97. The Bertz CT molecular complexity index is 519. The molecule has 1 fully saturated rings. The van der Waals surface area contributed by atoms with E-state index in [0.29, 0.717) is 5.02 Å². The highest BCUT2D eigenvalue weighted by Crippen LogP contribution is 2.33. The van der Waals surface area contributed by atoms with Crippen LogP contribution >= 0.6 is 11.6 Å². The van der Waals surface area contributed by atoms with Gasteiger partial charge in [-0.2, -0.15) is 0 Å². The van der Waals surface area contributed by atoms with Crippen LogP contribution in [0.25, 0.3) is 0 Å². The first-order valence-corrected chi connectivity index (χ1v) is 8.94. The maximum Gasteiger partial charge on any atom is 0.227 e. The van der Waals surface area contributed by atoms with E-state index < -0.39 is 0 Å². The number of nitrogens with one attached hydrogen (secondary N) is 1. The van der Waals surface area contributed by atoms with Crippen molar-refractivity contribution in [1.29, 1.82) is 0 Å². The summed E-state index contributed by atoms with van der Waals surface area (Å²) in [5, 5.41) is 3.93. The zero-order valence-corrected chi connectivity index (χ0v) is 15.5. The number of rotatable bonds is 6. The molecule has 0 heterocycles. The monoisotopic (exact) mass is 336 g/mol. The molecule has 0 spiro atoms. The molecule has 4 heteroatoms. The van der Waals surface area contributed by atoms with E-state index in [1.54, 1.807) is 0 Å². The Labute approximate surface area is 145 Å². The van der Waals surface area contributed by atoms with Crippen LogP contribution in [-0.4, -0.2) is 37.0 Å². The van der Waals surface area contributed by atoms with E-state index in [1.807, 2.05) is 24.3 Å². The molecule has 1 aliphatic rings. The van der Waals surface area contributed by atoms with Gasteiger partial charge in [-0.3, -0.25) is 4.79 Å². The Morgan fingerprint density at radius 1 is 1.22 bits per heavy atom. The molecule has 1 amide bonds. The first-order valence-electron chi connectivity index (χ1n) is 8.56. The fourth-order valence-electron chi connectivity index (χ4n) is 3.69. The molecule has 3 nitrogen and oxygen atoms in total. The molecule has 1 aromatic rings. The molecule has 2 rings (SSSR count). The van der Waals surface area contributed by atoms with Gasteiger partial charge in [-0.05, 0) is 50.6 Å². The lowest BCUT2D eigenvalue weighted by atomic mass is 9.87. The molecule has 1 atom stereocenters. The molecule has 128 valence electrons. The third-order valence-electron chi connectivity index (χ3n) is 5.25. The first kappa shape index (κ1) is 18.3. The number of amides is 1. The van der Waals surface area contributed by atoms with E-state index in [1.165, 1.54) is 12.8 Å². The van der Waals surface area contributed by atoms with Crippen LogP contribution < -0.4 is 5.32 Å². The minimum absolute atomic E-state index is 0.121. The molecule has 0 saturated heterocycles. The molecule has 0 radical (unpaired) electrons. The molecule has 0 bridgehead atoms. The fourth-order valence-corrected chi connectivity index (χ4v) is 3.81. The van der Waals surface area contributed by atoms with Crippen LogP contribution in [0.5, 0.6) is 0 Å². The minimum Gasteiger partial charge on any atom is -0.354 e. The van der Waals surface area contributed by atoms with Crippen molar-refractivity contribution >= 4 is 17.5 Å². The van der Waals surface area contributed by atoms with Gasteiger partial charge in [0, 0.05) is 17.1 Å². The van der Waals surface area contributed by atoms with E-state index in [9.17, 15) is 4.79 Å². The molecule has 0 aromatic heterocycles. The largest absolute Gasteiger partial charge is 0.354 e. The van der Waals surface area contributed by atoms with Crippen molar-refractivity contribution in [3.63, 3.8) is 0 Å². The van der Waals surface area contributed by atoms with Crippen LogP contribution in [0, 0.1) is 5.92 Å². The van der Waals surface area contributed by atoms with Crippen molar-refractivity contribution in [2.75, 3.05) is 20.6 Å². The molecule has 1 saturated carbocycles. The van der Waals surface area contributed by atoms with Crippen LogP contribution in [0.15, 0.2) is 24.3 Å². The topological polar surface area (TPSA) is 32.3 Å². The molecular weight excluding hydrogens is 308 g/mol. The average molecular weight is 337 g/mol. The van der Waals surface area contributed by atoms with Crippen molar-refractivity contribution in [1.82, 2.24) is 10.2 Å². The van der Waals surface area contributed by atoms with Crippen LogP contribution in [0.3, 0.4) is 0 Å². The summed E-state index contributed by atoms with van der Waals surface area (Å²) in [5.74, 6) is 0.235. The first-order chi connectivity index (χ1) is 10.9. The molecule has 1 aliphatic carbocycles. The number of carbonyl (C=O) groups is 1. The van der Waals surface area contributed by atoms with E-state index in [-0.39, 0.29) is 23.3 Å². The summed E-state index contributed by atoms with van der Waals surface area (Å²) < 4.78 is 0. The van der Waals surface area contributed by atoms with Crippen molar-refractivity contribution in [3.8, 4) is 0 Å². The van der Waals surface area contributed by atoms with Gasteiger partial charge in [-0.1, -0.05) is 50.4 Å². The van der Waals surface area contributed by atoms with Gasteiger partial charge >= 0.3 is 0 Å². The van der Waals surface area contributed by atoms with Gasteiger partial charge in [-0.25, -0.2) is 0 Å². The Hall–Kier alpha value is -1.06. The SMILES string of the molecule is CC(C)[C@@H](C(=O)NCC1(N(C)C)CCCC1)c1ccc(Cl)cc1. The number of likely N-dealkylation sites (N-methyl/N-ethyl adjacent to an activating group) is 1. The van der Waals surface area contributed by atoms with Gasteiger partial charge in [0.25, 0.3) is 0 Å². The van der Waals surface area contributed by atoms with Gasteiger partial charge in [0.2, 0.25) is 5.91 Å². The van der Waals surface area contributed by atoms with E-state index in [4.69, 9.17) is 11.6 Å². The highest BCUT2D eigenvalue weighted by molar-refractivity contribution is 6.30. The quantitative estimate of drug-likeness (QED) is 0.849. The predicted octanol–water partition coefficient (Wildman–Crippen LogP) is 4.07. The summed E-state index contributed by atoms with van der Waals surface area (Å²) in [4.78, 5) is 15.1. The Morgan fingerprint density at radius 2 is 1.78 bits per heavy atom. The standard InChI is InChI=1S/C19H29ClN2O/c1-14(2)17(15-7-9-16(20)10-8-15)18(23)21-13-19(22(3)4)11-5-6-12-19/h7-10,14,17H,5-6,11-13H2,1-4H3,(H,21,23)/t17-/m1/s1. The summed E-state index contributed by atoms with van der Waals surface area (Å²) in [6, 6.07) is 7.64. The van der Waals surface area contributed by atoms with Gasteiger partial charge in [0.05, 0.1) is 5.92 Å². The molecule has 1 N–H and O–H groups in total. The van der Waals surface area contributed by atoms with Crippen molar-refractivity contribution < 1.29 is 4.79 Å². The zero-order chi connectivity index (χ0) is 17.0. The highest BCUT2D eigenvalue weighted by atomic mass is 35.5. The Morgan fingerprint density at radius 3 is 2.26 bits per heavy atom. The number of halogens is 1. The minimum atomic E-state index is -0.132. The summed E-state index contributed by atoms with van der Waals surface area (Å²) in [5.41, 5.74) is 1.16. The molecule has 0 aliphatic heterocycles. The molecule has 0 unspecified atom stereocenters. The van der Waals surface area contributed by atoms with E-state index in [2.05, 4.69) is 38.2 Å². The number of hydrogen-bond acceptors (Lipinski definition) is 2. The van der Waals surface area contributed by atoms with Crippen LogP contribution in [-0.2, 0) is 4.79 Å². The number of benzene rings is 1. The number of nitrogens with zero attached hydrogens (tertiary/aromatic N) is 1. The van der Waals surface area contributed by atoms with Crippen molar-refractivity contribution in [2.45, 2.75) is 51.0 Å². The lowest BCUT2D eigenvalue weighted by Crippen LogP contribution is -2.51. The smallest absolute Gasteiger partial charge is 0.227 e. The Balaban J connectivity index is 2.08. The van der Waals surface area contributed by atoms with Crippen LogP contribution in [0.2, 0.25) is 5.02 Å². The predicted molar refractivity (Wildman–Crippen MR) is 96.9 cm³/mol. The summed E-state index contributed by atoms with van der Waals surface area (Å²) in [7, 11) is 4.24. The highest BCUT2D eigenvalue weighted by Gasteiger charge is 2.37. The summed E-state index contributed by atoms with van der Waals surface area (Å²) in [6.07, 6.45) is 4.82. The van der Waals surface area contributed by atoms with Gasteiger partial charge in [0.1, 0.15) is 0 Å². The van der Waals surface area contributed by atoms with E-state index >= 15 is 0 Å². The maximum atomic E-state index is 12.8. The summed E-state index contributed by atoms with van der Waals surface area (Å²) >= 11 is 5.97. The van der Waals surface area contributed by atoms with Gasteiger partial charge in [0.15, 0.2) is 0 Å². The second-order valence-corrected chi connectivity index (χ2v) is 7.75. The van der Waals surface area contributed by atoms with Crippen molar-refractivity contribution in [3.05, 3.63) is 34.9 Å². The zero-order valence-electron chi connectivity index (χ0n) is 14.7. The lowest BCUT2D eigenvalue weighted by Gasteiger charge is -2.37. The van der Waals surface area contributed by atoms with Gasteiger partial charge in [-0.15, -0.1) is 0 Å². The van der Waals surface area contributed by atoms with E-state index in [0.717, 1.165) is 24.9 Å². The van der Waals surface area contributed by atoms with Crippen molar-refractivity contribution in [2.24, 2.45) is 5.92 Å². The summed E-state index contributed by atoms with van der Waals surface area (Å²) in [6.45, 7) is 4.92. The van der Waals surface area contributed by atoms with Gasteiger partial charge < -0.3 is 10.2 Å². The third-order valence-corrected chi connectivity index (χ3v) is 5.50. The number of carbonyl (C=O) groups excluding carboxylic acids is 1. The second kappa shape index (κ2) is 7.67. The fraction of sp³-hybridized carbons (Fsp3) is 0.632. The number of hydrogen-bond donors (Lipinski definition) is 1. The third kappa shape index (κ3) is 4.27.